The van der Waals surface area contributed by atoms with E-state index in [2.05, 4.69) is 0 Å². The third-order valence-electron chi connectivity index (χ3n) is 5.63. The van der Waals surface area contributed by atoms with Gasteiger partial charge in [-0.2, -0.15) is 0 Å². The fourth-order valence-electron chi connectivity index (χ4n) is 4.22. The molecular weight excluding hydrogens is 308 g/mol. The van der Waals surface area contributed by atoms with Crippen LogP contribution in [0.2, 0.25) is 0 Å². The van der Waals surface area contributed by atoms with Crippen molar-refractivity contribution in [2.45, 2.75) is 43.0 Å². The lowest BCUT2D eigenvalue weighted by Gasteiger charge is -2.47. The fourth-order valence-corrected chi connectivity index (χ4v) is 5.77. The number of hydrogen-bond acceptors (Lipinski definition) is 3. The molecule has 0 N–H and O–H groups in total. The second-order valence-corrected chi connectivity index (χ2v) is 8.96. The van der Waals surface area contributed by atoms with Gasteiger partial charge in [0.05, 0.1) is 10.9 Å². The van der Waals surface area contributed by atoms with Gasteiger partial charge in [-0.1, -0.05) is 12.8 Å². The van der Waals surface area contributed by atoms with E-state index >= 15 is 0 Å². The first-order valence-electron chi connectivity index (χ1n) is 8.81. The van der Waals surface area contributed by atoms with Crippen LogP contribution < -0.4 is 0 Å². The third kappa shape index (κ3) is 3.05. The average molecular weight is 334 g/mol. The van der Waals surface area contributed by atoms with E-state index < -0.39 is 0 Å². The minimum Gasteiger partial charge on any atom is -0.377 e. The van der Waals surface area contributed by atoms with Gasteiger partial charge >= 0.3 is 0 Å². The van der Waals surface area contributed by atoms with Crippen molar-refractivity contribution in [2.75, 3.05) is 25.4 Å². The molecule has 1 aromatic rings. The van der Waals surface area contributed by atoms with Crippen LogP contribution in [0.5, 0.6) is 0 Å². The van der Waals surface area contributed by atoms with E-state index in [0.29, 0.717) is 6.10 Å². The van der Waals surface area contributed by atoms with Gasteiger partial charge in [-0.15, -0.1) is 11.8 Å². The molecule has 3 fully saturated rings. The second-order valence-electron chi connectivity index (χ2n) is 7.47. The van der Waals surface area contributed by atoms with Gasteiger partial charge in [0.25, 0.3) is 5.91 Å². The predicted molar refractivity (Wildman–Crippen MR) is 92.8 cm³/mol. The van der Waals surface area contributed by atoms with E-state index in [4.69, 9.17) is 4.74 Å². The van der Waals surface area contributed by atoms with Crippen LogP contribution in [-0.4, -0.2) is 51.7 Å². The van der Waals surface area contributed by atoms with Crippen LogP contribution in [-0.2, 0) is 11.8 Å². The summed E-state index contributed by atoms with van der Waals surface area (Å²) in [7, 11) is 1.93. The highest BCUT2D eigenvalue weighted by Crippen LogP contribution is 2.46. The summed E-state index contributed by atoms with van der Waals surface area (Å²) in [5.74, 6) is 2.06. The largest absolute Gasteiger partial charge is 0.377 e. The smallest absolute Gasteiger partial charge is 0.270 e. The van der Waals surface area contributed by atoms with Crippen LogP contribution in [0.4, 0.5) is 0 Å². The molecule has 3 aliphatic rings. The first kappa shape index (κ1) is 15.6. The Morgan fingerprint density at radius 1 is 1.39 bits per heavy atom. The van der Waals surface area contributed by atoms with Gasteiger partial charge in [0.1, 0.15) is 5.69 Å². The molecule has 1 aromatic heterocycles. The summed E-state index contributed by atoms with van der Waals surface area (Å²) in [6, 6.07) is 3.84. The summed E-state index contributed by atoms with van der Waals surface area (Å²) < 4.78 is 8.35. The standard InChI is InChI=1S/C18H26N2O2S/c1-19-8-4-7-16(19)17(21)20-12-18(13-20)9-15(11-23-18)22-10-14-5-2-3-6-14/h4,7-8,14-15H,2-3,5-6,9-13H2,1H3/t15-/m0/s1. The Bertz CT molecular complexity index is 573. The van der Waals surface area contributed by atoms with E-state index in [0.717, 1.165) is 43.5 Å². The average Bonchev–Trinajstić information content (AvgIpc) is 3.23. The van der Waals surface area contributed by atoms with E-state index in [1.54, 1.807) is 0 Å². The molecule has 4 rings (SSSR count). The molecule has 0 radical (unpaired) electrons. The Kier molecular flexibility index (Phi) is 4.18. The van der Waals surface area contributed by atoms with Crippen LogP contribution in [0.25, 0.3) is 0 Å². The molecule has 126 valence electrons. The Morgan fingerprint density at radius 2 is 2.17 bits per heavy atom. The van der Waals surface area contributed by atoms with Gasteiger partial charge in [-0.05, 0) is 37.3 Å². The molecule has 2 aliphatic heterocycles. The number of ether oxygens (including phenoxy) is 1. The molecule has 1 atom stereocenters. The zero-order valence-electron chi connectivity index (χ0n) is 13.9. The van der Waals surface area contributed by atoms with E-state index in [-0.39, 0.29) is 10.7 Å². The summed E-state index contributed by atoms with van der Waals surface area (Å²) in [5.41, 5.74) is 0.789. The van der Waals surface area contributed by atoms with Gasteiger partial charge in [-0.3, -0.25) is 4.79 Å². The minimum atomic E-state index is 0.166. The number of rotatable bonds is 4. The third-order valence-corrected chi connectivity index (χ3v) is 7.20. The first-order valence-corrected chi connectivity index (χ1v) is 9.80. The Morgan fingerprint density at radius 3 is 2.87 bits per heavy atom. The number of aryl methyl sites for hydroxylation is 1. The Hall–Kier alpha value is -0.940. The zero-order valence-corrected chi connectivity index (χ0v) is 14.7. The van der Waals surface area contributed by atoms with Gasteiger partial charge in [-0.25, -0.2) is 0 Å². The van der Waals surface area contributed by atoms with Crippen molar-refractivity contribution in [1.82, 2.24) is 9.47 Å². The van der Waals surface area contributed by atoms with Crippen LogP contribution in [0.3, 0.4) is 0 Å². The quantitative estimate of drug-likeness (QED) is 0.849. The van der Waals surface area contributed by atoms with Crippen LogP contribution in [0, 0.1) is 5.92 Å². The molecule has 5 heteroatoms. The molecular formula is C18H26N2O2S. The van der Waals surface area contributed by atoms with E-state index in [1.807, 2.05) is 46.6 Å². The monoisotopic (exact) mass is 334 g/mol. The topological polar surface area (TPSA) is 34.5 Å². The minimum absolute atomic E-state index is 0.166. The van der Waals surface area contributed by atoms with Gasteiger partial charge in [0.15, 0.2) is 0 Å². The number of amides is 1. The first-order chi connectivity index (χ1) is 11.2. The van der Waals surface area contributed by atoms with Crippen molar-refractivity contribution in [3.63, 3.8) is 0 Å². The molecule has 3 heterocycles. The zero-order chi connectivity index (χ0) is 15.9. The molecule has 1 amide bonds. The maximum absolute atomic E-state index is 12.5. The molecule has 4 nitrogen and oxygen atoms in total. The summed E-state index contributed by atoms with van der Waals surface area (Å²) in [6.07, 6.45) is 8.91. The highest BCUT2D eigenvalue weighted by molar-refractivity contribution is 8.01. The van der Waals surface area contributed by atoms with Crippen molar-refractivity contribution in [1.29, 1.82) is 0 Å². The summed E-state index contributed by atoms with van der Waals surface area (Å²) in [5, 5.41) is 0. The Balaban J connectivity index is 1.26. The molecule has 0 unspecified atom stereocenters. The molecule has 23 heavy (non-hydrogen) atoms. The van der Waals surface area contributed by atoms with Crippen molar-refractivity contribution in [2.24, 2.45) is 13.0 Å². The SMILES string of the molecule is Cn1cccc1C(=O)N1CC2(C[C@H](OCC3CCCC3)CS2)C1. The number of carbonyl (C=O) groups excluding carboxylic acids is 1. The molecule has 1 aliphatic carbocycles. The molecule has 0 bridgehead atoms. The lowest BCUT2D eigenvalue weighted by molar-refractivity contribution is 0.0195. The van der Waals surface area contributed by atoms with Crippen LogP contribution in [0.1, 0.15) is 42.6 Å². The van der Waals surface area contributed by atoms with E-state index in [1.165, 1.54) is 25.7 Å². The van der Waals surface area contributed by atoms with E-state index in [9.17, 15) is 4.79 Å². The number of likely N-dealkylation sites (tertiary alicyclic amines) is 1. The number of carbonyl (C=O) groups is 1. The van der Waals surface area contributed by atoms with Gasteiger partial charge in [0, 0.05) is 38.7 Å². The lowest BCUT2D eigenvalue weighted by Crippen LogP contribution is -2.61. The summed E-state index contributed by atoms with van der Waals surface area (Å²) in [6.45, 7) is 2.71. The molecule has 1 spiro atoms. The number of nitrogens with zero attached hydrogens (tertiary/aromatic N) is 2. The molecule has 2 saturated heterocycles. The molecule has 0 aromatic carbocycles. The van der Waals surface area contributed by atoms with Gasteiger partial charge in [0.2, 0.25) is 0 Å². The highest BCUT2D eigenvalue weighted by Gasteiger charge is 2.51. The van der Waals surface area contributed by atoms with Crippen molar-refractivity contribution >= 4 is 17.7 Å². The lowest BCUT2D eigenvalue weighted by atomic mass is 9.92. The summed E-state index contributed by atoms with van der Waals surface area (Å²) in [4.78, 5) is 14.5. The maximum Gasteiger partial charge on any atom is 0.270 e. The highest BCUT2D eigenvalue weighted by atomic mass is 32.2. The van der Waals surface area contributed by atoms with Crippen molar-refractivity contribution in [3.05, 3.63) is 24.0 Å². The summed E-state index contributed by atoms with van der Waals surface area (Å²) >= 11 is 2.02. The Labute approximate surface area is 142 Å². The van der Waals surface area contributed by atoms with Crippen molar-refractivity contribution < 1.29 is 9.53 Å². The predicted octanol–water partition coefficient (Wildman–Crippen LogP) is 2.93. The second kappa shape index (κ2) is 6.17. The number of hydrogen-bond donors (Lipinski definition) is 0. The number of aromatic nitrogens is 1. The number of thioether (sulfide) groups is 1. The van der Waals surface area contributed by atoms with Crippen LogP contribution in [0.15, 0.2) is 18.3 Å². The fraction of sp³-hybridized carbons (Fsp3) is 0.722. The van der Waals surface area contributed by atoms with Crippen LogP contribution >= 0.6 is 11.8 Å². The van der Waals surface area contributed by atoms with Crippen molar-refractivity contribution in [3.8, 4) is 0 Å². The maximum atomic E-state index is 12.5. The molecule has 1 saturated carbocycles. The normalized spacial score (nSPS) is 26.8. The van der Waals surface area contributed by atoms with Gasteiger partial charge < -0.3 is 14.2 Å².